The molecule has 0 spiro atoms. The van der Waals surface area contributed by atoms with E-state index in [1.807, 2.05) is 6.92 Å². The van der Waals surface area contributed by atoms with Crippen molar-refractivity contribution in [2.75, 3.05) is 6.61 Å². The third-order valence-corrected chi connectivity index (χ3v) is 1.98. The smallest absolute Gasteiger partial charge is 0.221 e. The van der Waals surface area contributed by atoms with E-state index in [9.17, 15) is 4.79 Å². The Labute approximate surface area is 73.5 Å². The molecule has 12 heavy (non-hydrogen) atoms. The lowest BCUT2D eigenvalue weighted by Crippen LogP contribution is -2.38. The first-order valence-corrected chi connectivity index (χ1v) is 4.74. The van der Waals surface area contributed by atoms with E-state index in [4.69, 9.17) is 4.74 Å². The summed E-state index contributed by atoms with van der Waals surface area (Å²) in [5.41, 5.74) is 0. The van der Waals surface area contributed by atoms with Gasteiger partial charge >= 0.3 is 0 Å². The Morgan fingerprint density at radius 2 is 2.42 bits per heavy atom. The van der Waals surface area contributed by atoms with Crippen molar-refractivity contribution in [1.82, 2.24) is 5.32 Å². The summed E-state index contributed by atoms with van der Waals surface area (Å²) in [6.45, 7) is 2.79. The van der Waals surface area contributed by atoms with Crippen LogP contribution in [0.2, 0.25) is 0 Å². The van der Waals surface area contributed by atoms with Gasteiger partial charge in [-0.3, -0.25) is 4.79 Å². The highest BCUT2D eigenvalue weighted by molar-refractivity contribution is 5.75. The minimum atomic E-state index is -0.0159. The topological polar surface area (TPSA) is 38.3 Å². The van der Waals surface area contributed by atoms with E-state index in [0.717, 1.165) is 32.3 Å². The van der Waals surface area contributed by atoms with Crippen LogP contribution in [0.3, 0.4) is 0 Å². The van der Waals surface area contributed by atoms with Crippen molar-refractivity contribution in [2.45, 2.75) is 45.3 Å². The molecule has 1 aliphatic heterocycles. The largest absolute Gasteiger partial charge is 0.359 e. The molecule has 1 atom stereocenters. The quantitative estimate of drug-likeness (QED) is 0.697. The van der Waals surface area contributed by atoms with Gasteiger partial charge in [0.1, 0.15) is 6.23 Å². The van der Waals surface area contributed by atoms with Crippen LogP contribution in [-0.2, 0) is 9.53 Å². The molecule has 1 N–H and O–H groups in total. The summed E-state index contributed by atoms with van der Waals surface area (Å²) in [5.74, 6) is 0.115. The summed E-state index contributed by atoms with van der Waals surface area (Å²) >= 11 is 0. The van der Waals surface area contributed by atoms with Gasteiger partial charge in [-0.2, -0.15) is 0 Å². The Bertz CT molecular complexity index is 141. The molecule has 3 heteroatoms. The number of carbonyl (C=O) groups excluding carboxylic acids is 1. The van der Waals surface area contributed by atoms with E-state index in [-0.39, 0.29) is 12.1 Å². The van der Waals surface area contributed by atoms with Crippen LogP contribution in [-0.4, -0.2) is 18.7 Å². The van der Waals surface area contributed by atoms with E-state index in [1.54, 1.807) is 0 Å². The standard InChI is InChI=1S/C9H17NO2/c1-2-5-8(11)10-9-6-3-4-7-12-9/h9H,2-7H2,1H3,(H,10,11)/t9-/m1/s1. The van der Waals surface area contributed by atoms with Crippen molar-refractivity contribution in [1.29, 1.82) is 0 Å². The van der Waals surface area contributed by atoms with Gasteiger partial charge in [0.2, 0.25) is 5.91 Å². The maximum absolute atomic E-state index is 11.1. The molecule has 1 fully saturated rings. The van der Waals surface area contributed by atoms with Gasteiger partial charge in [-0.05, 0) is 25.7 Å². The van der Waals surface area contributed by atoms with Crippen LogP contribution in [0.5, 0.6) is 0 Å². The second kappa shape index (κ2) is 5.14. The third-order valence-electron chi connectivity index (χ3n) is 1.98. The maximum atomic E-state index is 11.1. The normalized spacial score (nSPS) is 23.6. The molecule has 0 aromatic heterocycles. The number of hydrogen-bond acceptors (Lipinski definition) is 2. The summed E-state index contributed by atoms with van der Waals surface area (Å²) < 4.78 is 5.36. The summed E-state index contributed by atoms with van der Waals surface area (Å²) in [7, 11) is 0. The first-order valence-electron chi connectivity index (χ1n) is 4.74. The molecule has 0 aromatic carbocycles. The van der Waals surface area contributed by atoms with Crippen molar-refractivity contribution in [2.24, 2.45) is 0 Å². The highest BCUT2D eigenvalue weighted by Crippen LogP contribution is 2.10. The van der Waals surface area contributed by atoms with E-state index < -0.39 is 0 Å². The average molecular weight is 171 g/mol. The number of carbonyl (C=O) groups is 1. The first-order chi connectivity index (χ1) is 5.83. The Kier molecular flexibility index (Phi) is 4.08. The van der Waals surface area contributed by atoms with E-state index in [0.29, 0.717) is 6.42 Å². The Morgan fingerprint density at radius 3 is 3.00 bits per heavy atom. The summed E-state index contributed by atoms with van der Waals surface area (Å²) in [5, 5.41) is 2.86. The number of ether oxygens (including phenoxy) is 1. The van der Waals surface area contributed by atoms with Crippen molar-refractivity contribution >= 4 is 5.91 Å². The van der Waals surface area contributed by atoms with Crippen LogP contribution < -0.4 is 5.32 Å². The van der Waals surface area contributed by atoms with Gasteiger partial charge in [0.15, 0.2) is 0 Å². The Morgan fingerprint density at radius 1 is 1.58 bits per heavy atom. The summed E-state index contributed by atoms with van der Waals surface area (Å²) in [6.07, 6.45) is 4.75. The molecular formula is C9H17NO2. The maximum Gasteiger partial charge on any atom is 0.221 e. The van der Waals surface area contributed by atoms with Crippen LogP contribution in [0.25, 0.3) is 0 Å². The molecule has 3 nitrogen and oxygen atoms in total. The van der Waals surface area contributed by atoms with Crippen molar-refractivity contribution in [3.63, 3.8) is 0 Å². The van der Waals surface area contributed by atoms with Gasteiger partial charge in [0.05, 0.1) is 0 Å². The van der Waals surface area contributed by atoms with Crippen LogP contribution >= 0.6 is 0 Å². The Balaban J connectivity index is 2.15. The van der Waals surface area contributed by atoms with Gasteiger partial charge < -0.3 is 10.1 Å². The number of hydrogen-bond donors (Lipinski definition) is 1. The zero-order valence-electron chi connectivity index (χ0n) is 7.64. The van der Waals surface area contributed by atoms with Crippen molar-refractivity contribution in [3.05, 3.63) is 0 Å². The molecule has 1 aliphatic rings. The first kappa shape index (κ1) is 9.52. The van der Waals surface area contributed by atoms with Crippen molar-refractivity contribution in [3.8, 4) is 0 Å². The zero-order chi connectivity index (χ0) is 8.81. The SMILES string of the molecule is CCCC(=O)N[C@H]1CCCCO1. The number of nitrogens with one attached hydrogen (secondary N) is 1. The molecule has 1 amide bonds. The second-order valence-electron chi connectivity index (χ2n) is 3.17. The molecule has 1 heterocycles. The zero-order valence-corrected chi connectivity index (χ0v) is 7.64. The summed E-state index contributed by atoms with van der Waals surface area (Å²) in [4.78, 5) is 11.1. The van der Waals surface area contributed by atoms with Gasteiger partial charge in [-0.1, -0.05) is 6.92 Å². The number of rotatable bonds is 3. The van der Waals surface area contributed by atoms with E-state index in [2.05, 4.69) is 5.32 Å². The van der Waals surface area contributed by atoms with E-state index >= 15 is 0 Å². The van der Waals surface area contributed by atoms with Crippen LogP contribution in [0.15, 0.2) is 0 Å². The lowest BCUT2D eigenvalue weighted by Gasteiger charge is -2.23. The van der Waals surface area contributed by atoms with Gasteiger partial charge in [-0.15, -0.1) is 0 Å². The fraction of sp³-hybridized carbons (Fsp3) is 0.889. The molecule has 0 saturated carbocycles. The van der Waals surface area contributed by atoms with Gasteiger partial charge in [0, 0.05) is 13.0 Å². The predicted molar refractivity (Wildman–Crippen MR) is 46.6 cm³/mol. The van der Waals surface area contributed by atoms with Gasteiger partial charge in [0.25, 0.3) is 0 Å². The number of amides is 1. The molecule has 0 unspecified atom stereocenters. The predicted octanol–water partition coefficient (Wildman–Crippen LogP) is 1.43. The van der Waals surface area contributed by atoms with Crippen LogP contribution in [0.4, 0.5) is 0 Å². The van der Waals surface area contributed by atoms with E-state index in [1.165, 1.54) is 0 Å². The fourth-order valence-corrected chi connectivity index (χ4v) is 1.33. The minimum Gasteiger partial charge on any atom is -0.359 e. The average Bonchev–Trinajstić information content (AvgIpc) is 2.06. The highest BCUT2D eigenvalue weighted by Gasteiger charge is 2.14. The molecule has 0 aromatic rings. The molecule has 0 aliphatic carbocycles. The summed E-state index contributed by atoms with van der Waals surface area (Å²) in [6, 6.07) is 0. The molecule has 0 radical (unpaired) electrons. The fourth-order valence-electron chi connectivity index (χ4n) is 1.33. The Hall–Kier alpha value is -0.570. The second-order valence-corrected chi connectivity index (χ2v) is 3.17. The lowest BCUT2D eigenvalue weighted by molar-refractivity contribution is -0.126. The monoisotopic (exact) mass is 171 g/mol. The van der Waals surface area contributed by atoms with Gasteiger partial charge in [-0.25, -0.2) is 0 Å². The molecule has 70 valence electrons. The van der Waals surface area contributed by atoms with Crippen LogP contribution in [0, 0.1) is 0 Å². The highest BCUT2D eigenvalue weighted by atomic mass is 16.5. The molecule has 1 saturated heterocycles. The third kappa shape index (κ3) is 3.22. The van der Waals surface area contributed by atoms with Crippen molar-refractivity contribution < 1.29 is 9.53 Å². The lowest BCUT2D eigenvalue weighted by atomic mass is 10.2. The minimum absolute atomic E-state index is 0.0159. The molecular weight excluding hydrogens is 154 g/mol. The van der Waals surface area contributed by atoms with Crippen LogP contribution in [0.1, 0.15) is 39.0 Å². The molecule has 0 bridgehead atoms. The molecule has 1 rings (SSSR count).